The van der Waals surface area contributed by atoms with E-state index in [1.165, 1.54) is 24.3 Å². The van der Waals surface area contributed by atoms with Gasteiger partial charge in [-0.1, -0.05) is 36.4 Å². The van der Waals surface area contributed by atoms with Gasteiger partial charge in [-0.2, -0.15) is 0 Å². The zero-order chi connectivity index (χ0) is 13.1. The van der Waals surface area contributed by atoms with Crippen LogP contribution in [0.3, 0.4) is 0 Å². The minimum atomic E-state index is -1.31. The standard InChI is InChI=1S/C14H14O4/c15-11-7-3-1-5-9(11)13(17)14(18)10-6-2-4-8-12(10)16/h1-8,13-18H/t13-,14+. The monoisotopic (exact) mass is 246 g/mol. The summed E-state index contributed by atoms with van der Waals surface area (Å²) in [6.45, 7) is 0. The Hall–Kier alpha value is -2.04. The minimum Gasteiger partial charge on any atom is -0.508 e. The van der Waals surface area contributed by atoms with E-state index >= 15 is 0 Å². The molecule has 0 spiro atoms. The lowest BCUT2D eigenvalue weighted by molar-refractivity contribution is 0.0145. The summed E-state index contributed by atoms with van der Waals surface area (Å²) in [7, 11) is 0. The van der Waals surface area contributed by atoms with Gasteiger partial charge in [0.05, 0.1) is 0 Å². The van der Waals surface area contributed by atoms with E-state index in [9.17, 15) is 20.4 Å². The first-order valence-electron chi connectivity index (χ1n) is 5.53. The summed E-state index contributed by atoms with van der Waals surface area (Å²) in [6, 6.07) is 12.4. The molecule has 0 saturated heterocycles. The predicted molar refractivity (Wildman–Crippen MR) is 66.1 cm³/mol. The van der Waals surface area contributed by atoms with Crippen molar-refractivity contribution < 1.29 is 20.4 Å². The van der Waals surface area contributed by atoms with E-state index in [0.717, 1.165) is 0 Å². The molecule has 2 aromatic carbocycles. The van der Waals surface area contributed by atoms with Crippen LogP contribution < -0.4 is 0 Å². The van der Waals surface area contributed by atoms with Crippen molar-refractivity contribution in [2.24, 2.45) is 0 Å². The number of phenolic OH excluding ortho intramolecular Hbond substituents is 2. The van der Waals surface area contributed by atoms with Gasteiger partial charge in [0.15, 0.2) is 0 Å². The first-order chi connectivity index (χ1) is 8.61. The predicted octanol–water partition coefficient (Wildman–Crippen LogP) is 1.86. The Morgan fingerprint density at radius 3 is 1.28 bits per heavy atom. The molecule has 0 bridgehead atoms. The molecule has 0 aliphatic carbocycles. The minimum absolute atomic E-state index is 0.0977. The Morgan fingerprint density at radius 2 is 0.944 bits per heavy atom. The average Bonchev–Trinajstić information content (AvgIpc) is 2.38. The number of aliphatic hydroxyl groups excluding tert-OH is 2. The molecule has 4 heteroatoms. The first-order valence-corrected chi connectivity index (χ1v) is 5.53. The van der Waals surface area contributed by atoms with Gasteiger partial charge >= 0.3 is 0 Å². The van der Waals surface area contributed by atoms with Gasteiger partial charge in [0.25, 0.3) is 0 Å². The van der Waals surface area contributed by atoms with Crippen LogP contribution in [0.25, 0.3) is 0 Å². The van der Waals surface area contributed by atoms with Crippen LogP contribution in [0.15, 0.2) is 48.5 Å². The molecule has 2 atom stereocenters. The number of benzene rings is 2. The fraction of sp³-hybridized carbons (Fsp3) is 0.143. The molecular weight excluding hydrogens is 232 g/mol. The Morgan fingerprint density at radius 1 is 0.611 bits per heavy atom. The molecule has 0 unspecified atom stereocenters. The van der Waals surface area contributed by atoms with Crippen LogP contribution >= 0.6 is 0 Å². The van der Waals surface area contributed by atoms with Crippen molar-refractivity contribution in [1.29, 1.82) is 0 Å². The average molecular weight is 246 g/mol. The van der Waals surface area contributed by atoms with Crippen molar-refractivity contribution in [1.82, 2.24) is 0 Å². The fourth-order valence-electron chi connectivity index (χ4n) is 1.82. The number of aliphatic hydroxyl groups is 2. The summed E-state index contributed by atoms with van der Waals surface area (Å²) in [5.74, 6) is -0.195. The molecule has 94 valence electrons. The highest BCUT2D eigenvalue weighted by atomic mass is 16.3. The second-order valence-electron chi connectivity index (χ2n) is 4.01. The van der Waals surface area contributed by atoms with Crippen LogP contribution in [-0.4, -0.2) is 20.4 Å². The maximum atomic E-state index is 10.0. The number of aromatic hydroxyl groups is 2. The molecule has 4 nitrogen and oxygen atoms in total. The van der Waals surface area contributed by atoms with Crippen LogP contribution in [0.4, 0.5) is 0 Å². The van der Waals surface area contributed by atoms with Crippen molar-refractivity contribution in [2.75, 3.05) is 0 Å². The molecule has 2 rings (SSSR count). The molecule has 0 aromatic heterocycles. The molecule has 4 N–H and O–H groups in total. The molecular formula is C14H14O4. The molecule has 0 amide bonds. The van der Waals surface area contributed by atoms with E-state index in [4.69, 9.17) is 0 Å². The summed E-state index contributed by atoms with van der Waals surface area (Å²) in [5, 5.41) is 39.3. The molecule has 0 heterocycles. The number of para-hydroxylation sites is 2. The zero-order valence-corrected chi connectivity index (χ0v) is 9.56. The smallest absolute Gasteiger partial charge is 0.121 e. The largest absolute Gasteiger partial charge is 0.508 e. The highest BCUT2D eigenvalue weighted by Crippen LogP contribution is 2.36. The number of rotatable bonds is 3. The van der Waals surface area contributed by atoms with Gasteiger partial charge in [0, 0.05) is 11.1 Å². The summed E-state index contributed by atoms with van der Waals surface area (Å²) in [5.41, 5.74) is 0.432. The molecule has 0 radical (unpaired) electrons. The van der Waals surface area contributed by atoms with Gasteiger partial charge in [-0.25, -0.2) is 0 Å². The van der Waals surface area contributed by atoms with E-state index in [1.54, 1.807) is 24.3 Å². The Kier molecular flexibility index (Phi) is 3.50. The Labute approximate surface area is 104 Å². The number of hydrogen-bond donors (Lipinski definition) is 4. The lowest BCUT2D eigenvalue weighted by atomic mass is 9.97. The maximum absolute atomic E-state index is 10.0. The lowest BCUT2D eigenvalue weighted by Gasteiger charge is -2.20. The van der Waals surface area contributed by atoms with E-state index < -0.39 is 12.2 Å². The van der Waals surface area contributed by atoms with Gasteiger partial charge < -0.3 is 20.4 Å². The van der Waals surface area contributed by atoms with Crippen LogP contribution in [0.2, 0.25) is 0 Å². The van der Waals surface area contributed by atoms with Crippen LogP contribution in [-0.2, 0) is 0 Å². The highest BCUT2D eigenvalue weighted by Gasteiger charge is 2.24. The molecule has 0 saturated carbocycles. The van der Waals surface area contributed by atoms with Crippen LogP contribution in [0.5, 0.6) is 11.5 Å². The van der Waals surface area contributed by atoms with Crippen molar-refractivity contribution >= 4 is 0 Å². The van der Waals surface area contributed by atoms with Gasteiger partial charge in [-0.15, -0.1) is 0 Å². The van der Waals surface area contributed by atoms with E-state index in [2.05, 4.69) is 0 Å². The maximum Gasteiger partial charge on any atom is 0.121 e. The fourth-order valence-corrected chi connectivity index (χ4v) is 1.82. The quantitative estimate of drug-likeness (QED) is 0.666. The third kappa shape index (κ3) is 2.30. The Balaban J connectivity index is 2.33. The van der Waals surface area contributed by atoms with Gasteiger partial charge in [0.2, 0.25) is 0 Å². The van der Waals surface area contributed by atoms with Gasteiger partial charge in [-0.3, -0.25) is 0 Å². The second kappa shape index (κ2) is 5.08. The molecule has 0 fully saturated rings. The van der Waals surface area contributed by atoms with Gasteiger partial charge in [0.1, 0.15) is 23.7 Å². The molecule has 0 aliphatic rings. The summed E-state index contributed by atoms with van der Waals surface area (Å²) in [6.07, 6.45) is -2.61. The lowest BCUT2D eigenvalue weighted by Crippen LogP contribution is -2.10. The topological polar surface area (TPSA) is 80.9 Å². The van der Waals surface area contributed by atoms with Crippen molar-refractivity contribution in [3.8, 4) is 11.5 Å². The Bertz CT molecular complexity index is 489. The molecule has 0 aliphatic heterocycles. The van der Waals surface area contributed by atoms with Crippen molar-refractivity contribution in [3.63, 3.8) is 0 Å². The third-order valence-electron chi connectivity index (χ3n) is 2.81. The van der Waals surface area contributed by atoms with E-state index in [1.807, 2.05) is 0 Å². The number of hydrogen-bond acceptors (Lipinski definition) is 4. The summed E-state index contributed by atoms with van der Waals surface area (Å²) >= 11 is 0. The van der Waals surface area contributed by atoms with Crippen molar-refractivity contribution in [3.05, 3.63) is 59.7 Å². The summed E-state index contributed by atoms with van der Waals surface area (Å²) < 4.78 is 0. The van der Waals surface area contributed by atoms with E-state index in [-0.39, 0.29) is 22.6 Å². The second-order valence-corrected chi connectivity index (χ2v) is 4.01. The first kappa shape index (κ1) is 12.4. The zero-order valence-electron chi connectivity index (χ0n) is 9.56. The number of phenols is 2. The third-order valence-corrected chi connectivity index (χ3v) is 2.81. The SMILES string of the molecule is Oc1ccccc1[C@@H](O)[C@@H](O)c1ccccc1O. The highest BCUT2D eigenvalue weighted by molar-refractivity contribution is 5.39. The van der Waals surface area contributed by atoms with Crippen molar-refractivity contribution in [2.45, 2.75) is 12.2 Å². The van der Waals surface area contributed by atoms with Gasteiger partial charge in [-0.05, 0) is 12.1 Å². The summed E-state index contributed by atoms with van der Waals surface area (Å²) in [4.78, 5) is 0. The van der Waals surface area contributed by atoms with Crippen LogP contribution in [0, 0.1) is 0 Å². The molecule has 2 aromatic rings. The van der Waals surface area contributed by atoms with E-state index in [0.29, 0.717) is 0 Å². The van der Waals surface area contributed by atoms with Crippen LogP contribution in [0.1, 0.15) is 23.3 Å². The molecule has 18 heavy (non-hydrogen) atoms. The normalized spacial score (nSPS) is 14.1.